The number of hydrogen-bond acceptors (Lipinski definition) is 7. The fourth-order valence-corrected chi connectivity index (χ4v) is 3.69. The third-order valence-electron chi connectivity index (χ3n) is 5.57. The van der Waals surface area contributed by atoms with Crippen molar-refractivity contribution in [2.75, 3.05) is 39.7 Å². The van der Waals surface area contributed by atoms with Crippen molar-refractivity contribution < 1.29 is 27.4 Å². The largest absolute Gasteiger partial charge is 0.492 e. The van der Waals surface area contributed by atoms with Crippen LogP contribution < -0.4 is 10.1 Å². The van der Waals surface area contributed by atoms with Gasteiger partial charge >= 0.3 is 12.1 Å². The van der Waals surface area contributed by atoms with Crippen LogP contribution in [0.1, 0.15) is 15.9 Å². The molecule has 0 bridgehead atoms. The molecular weight excluding hydrogens is 521 g/mol. The van der Waals surface area contributed by atoms with Crippen LogP contribution in [0.25, 0.3) is 22.0 Å². The minimum absolute atomic E-state index is 0. The van der Waals surface area contributed by atoms with E-state index in [9.17, 15) is 18.0 Å². The lowest BCUT2D eigenvalue weighted by Gasteiger charge is -2.16. The Labute approximate surface area is 224 Å². The van der Waals surface area contributed by atoms with E-state index in [1.54, 1.807) is 36.4 Å². The van der Waals surface area contributed by atoms with Gasteiger partial charge < -0.3 is 19.7 Å². The highest BCUT2D eigenvalue weighted by Gasteiger charge is 2.31. The lowest BCUT2D eigenvalue weighted by Crippen LogP contribution is -2.19. The molecule has 0 spiro atoms. The minimum Gasteiger partial charge on any atom is -0.492 e. The molecule has 1 N–H and O–H groups in total. The Morgan fingerprint density at radius 3 is 2.29 bits per heavy atom. The van der Waals surface area contributed by atoms with Crippen LogP contribution in [-0.4, -0.2) is 55.4 Å². The first-order valence-corrected chi connectivity index (χ1v) is 11.4. The van der Waals surface area contributed by atoms with Crippen LogP contribution in [0.2, 0.25) is 0 Å². The molecule has 11 heteroatoms. The number of alkyl halides is 3. The number of rotatable bonds is 8. The van der Waals surface area contributed by atoms with E-state index in [2.05, 4.69) is 15.5 Å². The molecule has 0 amide bonds. The van der Waals surface area contributed by atoms with Gasteiger partial charge in [-0.3, -0.25) is 0 Å². The fraction of sp³-hybridized carbons (Fsp3) is 0.222. The van der Waals surface area contributed by atoms with Gasteiger partial charge in [-0.2, -0.15) is 13.2 Å². The number of ether oxygens (including phenoxy) is 2. The van der Waals surface area contributed by atoms with Crippen molar-refractivity contribution in [1.29, 1.82) is 0 Å². The molecule has 0 aliphatic heterocycles. The van der Waals surface area contributed by atoms with Crippen molar-refractivity contribution >= 4 is 40.7 Å². The maximum Gasteiger partial charge on any atom is 0.416 e. The van der Waals surface area contributed by atoms with Crippen molar-refractivity contribution in [3.63, 3.8) is 0 Å². The van der Waals surface area contributed by atoms with Gasteiger partial charge in [0.1, 0.15) is 18.1 Å². The first-order chi connectivity index (χ1) is 17.7. The van der Waals surface area contributed by atoms with E-state index >= 15 is 0 Å². The Kier molecular flexibility index (Phi) is 9.13. The number of carbonyl (C=O) groups excluding carboxylic acids is 1. The van der Waals surface area contributed by atoms with Crippen LogP contribution >= 0.6 is 12.4 Å². The van der Waals surface area contributed by atoms with E-state index in [0.29, 0.717) is 29.0 Å². The molecule has 0 unspecified atom stereocenters. The maximum absolute atomic E-state index is 13.6. The average molecular weight is 547 g/mol. The number of nitrogens with one attached hydrogen (secondary N) is 1. The third-order valence-corrected chi connectivity index (χ3v) is 5.57. The first kappa shape index (κ1) is 28.7. The standard InChI is InChI=1S/C27H25F3N4O3.ClH/c1-34(2)12-13-37-21-15-19(27(28,29)30)14-20(16-21)31-25-23-7-5-4-6-22(23)24(32-33-25)17-8-10-18(11-9-17)26(35)36-3;/h4-11,14-16H,12-13H2,1-3H3,(H,31,33);1H. The van der Waals surface area contributed by atoms with E-state index in [4.69, 9.17) is 9.47 Å². The van der Waals surface area contributed by atoms with Crippen LogP contribution in [0.3, 0.4) is 0 Å². The Hall–Kier alpha value is -3.89. The van der Waals surface area contributed by atoms with Gasteiger partial charge in [-0.05, 0) is 38.4 Å². The number of hydrogen-bond donors (Lipinski definition) is 1. The summed E-state index contributed by atoms with van der Waals surface area (Å²) in [5.41, 5.74) is 1.02. The van der Waals surface area contributed by atoms with Gasteiger partial charge in [0.05, 0.1) is 18.2 Å². The smallest absolute Gasteiger partial charge is 0.416 e. The van der Waals surface area contributed by atoms with Crippen LogP contribution in [0.15, 0.2) is 66.7 Å². The number of halogens is 4. The van der Waals surface area contributed by atoms with Crippen molar-refractivity contribution in [3.05, 3.63) is 77.9 Å². The molecule has 0 aliphatic rings. The van der Waals surface area contributed by atoms with Gasteiger partial charge in [-0.25, -0.2) is 4.79 Å². The number of methoxy groups -OCH3 is 1. The molecule has 38 heavy (non-hydrogen) atoms. The highest BCUT2D eigenvalue weighted by Crippen LogP contribution is 2.36. The summed E-state index contributed by atoms with van der Waals surface area (Å²) in [6.07, 6.45) is -4.55. The highest BCUT2D eigenvalue weighted by atomic mass is 35.5. The minimum atomic E-state index is -4.55. The molecule has 0 aliphatic carbocycles. The van der Waals surface area contributed by atoms with Crippen LogP contribution in [-0.2, 0) is 10.9 Å². The second-order valence-corrected chi connectivity index (χ2v) is 8.53. The van der Waals surface area contributed by atoms with Crippen LogP contribution in [0, 0.1) is 0 Å². The summed E-state index contributed by atoms with van der Waals surface area (Å²) in [5, 5.41) is 13.0. The van der Waals surface area contributed by atoms with Crippen molar-refractivity contribution in [3.8, 4) is 17.0 Å². The monoisotopic (exact) mass is 546 g/mol. The summed E-state index contributed by atoms with van der Waals surface area (Å²) in [5.74, 6) is -0.0592. The van der Waals surface area contributed by atoms with E-state index in [1.807, 2.05) is 31.1 Å². The highest BCUT2D eigenvalue weighted by molar-refractivity contribution is 6.01. The van der Waals surface area contributed by atoms with Crippen LogP contribution in [0.4, 0.5) is 24.7 Å². The quantitative estimate of drug-likeness (QED) is 0.263. The van der Waals surface area contributed by atoms with E-state index in [1.165, 1.54) is 13.2 Å². The van der Waals surface area contributed by atoms with Gasteiger partial charge in [0.15, 0.2) is 5.82 Å². The van der Waals surface area contributed by atoms with Gasteiger partial charge in [0.2, 0.25) is 0 Å². The average Bonchev–Trinajstić information content (AvgIpc) is 2.88. The first-order valence-electron chi connectivity index (χ1n) is 11.4. The zero-order valence-corrected chi connectivity index (χ0v) is 21.7. The number of aromatic nitrogens is 2. The predicted octanol–water partition coefficient (Wildman–Crippen LogP) is 6.21. The number of likely N-dealkylation sites (N-methyl/N-ethyl adjacent to an activating group) is 1. The second kappa shape index (κ2) is 12.1. The molecule has 7 nitrogen and oxygen atoms in total. The number of fused-ring (bicyclic) bond motifs is 1. The van der Waals surface area contributed by atoms with E-state index in [0.717, 1.165) is 23.1 Å². The van der Waals surface area contributed by atoms with Gasteiger partial charge in [-0.1, -0.05) is 36.4 Å². The van der Waals surface area contributed by atoms with Crippen molar-refractivity contribution in [2.45, 2.75) is 6.18 Å². The summed E-state index contributed by atoms with van der Waals surface area (Å²) in [4.78, 5) is 13.6. The number of benzene rings is 3. The summed E-state index contributed by atoms with van der Waals surface area (Å²) in [6, 6.07) is 17.5. The summed E-state index contributed by atoms with van der Waals surface area (Å²) in [7, 11) is 5.01. The zero-order valence-electron chi connectivity index (χ0n) is 20.9. The summed E-state index contributed by atoms with van der Waals surface area (Å²) in [6.45, 7) is 0.789. The van der Waals surface area contributed by atoms with Gasteiger partial charge in [0.25, 0.3) is 0 Å². The fourth-order valence-electron chi connectivity index (χ4n) is 3.69. The molecule has 0 saturated heterocycles. The molecule has 3 aromatic carbocycles. The topological polar surface area (TPSA) is 76.6 Å². The normalized spacial score (nSPS) is 11.2. The number of anilines is 2. The Morgan fingerprint density at radius 1 is 0.974 bits per heavy atom. The molecule has 0 atom stereocenters. The number of esters is 1. The van der Waals surface area contributed by atoms with Crippen LogP contribution in [0.5, 0.6) is 5.75 Å². The molecule has 1 heterocycles. The predicted molar refractivity (Wildman–Crippen MR) is 142 cm³/mol. The second-order valence-electron chi connectivity index (χ2n) is 8.53. The lowest BCUT2D eigenvalue weighted by atomic mass is 10.0. The molecule has 4 aromatic rings. The lowest BCUT2D eigenvalue weighted by molar-refractivity contribution is -0.137. The SMILES string of the molecule is COC(=O)c1ccc(-c2nnc(Nc3cc(OCCN(C)C)cc(C(F)(F)F)c3)c3ccccc23)cc1.Cl. The van der Waals surface area contributed by atoms with Crippen molar-refractivity contribution in [2.24, 2.45) is 0 Å². The Morgan fingerprint density at radius 2 is 1.66 bits per heavy atom. The number of nitrogens with zero attached hydrogens (tertiary/aromatic N) is 3. The molecule has 1 aromatic heterocycles. The van der Waals surface area contributed by atoms with Gasteiger partial charge in [0, 0.05) is 34.6 Å². The molecule has 200 valence electrons. The molecule has 0 radical (unpaired) electrons. The zero-order chi connectivity index (χ0) is 26.6. The maximum atomic E-state index is 13.6. The summed E-state index contributed by atoms with van der Waals surface area (Å²) < 4.78 is 51.1. The number of carbonyl (C=O) groups is 1. The third kappa shape index (κ3) is 6.70. The van der Waals surface area contributed by atoms with E-state index in [-0.39, 0.29) is 30.5 Å². The van der Waals surface area contributed by atoms with E-state index < -0.39 is 17.7 Å². The van der Waals surface area contributed by atoms with Gasteiger partial charge in [-0.15, -0.1) is 22.6 Å². The Balaban J connectivity index is 0.00000400. The molecular formula is C27H26ClF3N4O3. The molecule has 0 fully saturated rings. The van der Waals surface area contributed by atoms with Crippen molar-refractivity contribution in [1.82, 2.24) is 15.1 Å². The Bertz CT molecular complexity index is 1410. The summed E-state index contributed by atoms with van der Waals surface area (Å²) >= 11 is 0. The molecule has 0 saturated carbocycles. The molecule has 4 rings (SSSR count).